The lowest BCUT2D eigenvalue weighted by molar-refractivity contribution is -0.138. The Morgan fingerprint density at radius 1 is 1.22 bits per heavy atom. The molecule has 2 aliphatic rings. The fourth-order valence-corrected chi connectivity index (χ4v) is 3.86. The Kier molecular flexibility index (Phi) is 4.70. The Labute approximate surface area is 137 Å². The van der Waals surface area contributed by atoms with Crippen molar-refractivity contribution in [2.24, 2.45) is 5.92 Å². The van der Waals surface area contributed by atoms with Gasteiger partial charge < -0.3 is 9.80 Å². The van der Waals surface area contributed by atoms with Crippen molar-refractivity contribution in [2.45, 2.75) is 12.6 Å². The van der Waals surface area contributed by atoms with Crippen LogP contribution in [0.25, 0.3) is 0 Å². The van der Waals surface area contributed by atoms with Crippen LogP contribution in [0.3, 0.4) is 0 Å². The molecule has 0 spiro atoms. The summed E-state index contributed by atoms with van der Waals surface area (Å²) in [6.45, 7) is 2.76. The molecule has 126 valence electrons. The maximum Gasteiger partial charge on any atom is 0.417 e. The summed E-state index contributed by atoms with van der Waals surface area (Å²) < 4.78 is 37.7. The average molecular weight is 345 g/mol. The van der Waals surface area contributed by atoms with Crippen molar-refractivity contribution in [1.82, 2.24) is 9.88 Å². The lowest BCUT2D eigenvalue weighted by Crippen LogP contribution is -2.42. The molecule has 1 amide bonds. The molecule has 0 bridgehead atoms. The number of thioether (sulfide) groups is 1. The minimum Gasteiger partial charge on any atom is -0.356 e. The zero-order valence-electron chi connectivity index (χ0n) is 12.6. The van der Waals surface area contributed by atoms with Gasteiger partial charge in [-0.1, -0.05) is 0 Å². The third-order valence-corrected chi connectivity index (χ3v) is 5.20. The molecule has 0 saturated carbocycles. The molecule has 23 heavy (non-hydrogen) atoms. The quantitative estimate of drug-likeness (QED) is 0.825. The van der Waals surface area contributed by atoms with Crippen LogP contribution >= 0.6 is 11.8 Å². The summed E-state index contributed by atoms with van der Waals surface area (Å²) in [6, 6.07) is 2.42. The van der Waals surface area contributed by atoms with E-state index in [0.29, 0.717) is 18.9 Å². The highest BCUT2D eigenvalue weighted by atomic mass is 32.2. The number of aromatic nitrogens is 1. The van der Waals surface area contributed by atoms with Gasteiger partial charge in [0.2, 0.25) is 5.91 Å². The number of halogens is 3. The molecule has 1 unspecified atom stereocenters. The van der Waals surface area contributed by atoms with Crippen LogP contribution in [0.4, 0.5) is 19.0 Å². The van der Waals surface area contributed by atoms with Crippen LogP contribution in [0.5, 0.6) is 0 Å². The van der Waals surface area contributed by atoms with E-state index in [1.165, 1.54) is 6.07 Å². The fourth-order valence-electron chi connectivity index (χ4n) is 2.95. The lowest BCUT2D eigenvalue weighted by Gasteiger charge is -2.29. The van der Waals surface area contributed by atoms with Gasteiger partial charge in [0.15, 0.2) is 0 Å². The Hall–Kier alpha value is -1.44. The number of rotatable bonds is 2. The zero-order chi connectivity index (χ0) is 16.4. The van der Waals surface area contributed by atoms with E-state index in [1.807, 2.05) is 21.6 Å². The first-order chi connectivity index (χ1) is 10.9. The number of carbonyl (C=O) groups is 1. The summed E-state index contributed by atoms with van der Waals surface area (Å²) in [6.07, 6.45) is -2.79. The minimum absolute atomic E-state index is 0.0813. The second-order valence-corrected chi connectivity index (χ2v) is 7.00. The average Bonchev–Trinajstić information content (AvgIpc) is 3.04. The van der Waals surface area contributed by atoms with Crippen molar-refractivity contribution < 1.29 is 18.0 Å². The standard InChI is InChI=1S/C15H18F3N3OS/c16-15(17,18)12-1-2-13(19-9-12)21-4-3-11(10-21)14(22)20-5-7-23-8-6-20/h1-2,9,11H,3-8,10H2. The highest BCUT2D eigenvalue weighted by Gasteiger charge is 2.34. The molecule has 0 N–H and O–H groups in total. The smallest absolute Gasteiger partial charge is 0.356 e. The molecule has 3 rings (SSSR count). The largest absolute Gasteiger partial charge is 0.417 e. The van der Waals surface area contributed by atoms with Gasteiger partial charge in [0.05, 0.1) is 11.5 Å². The van der Waals surface area contributed by atoms with Gasteiger partial charge in [-0.2, -0.15) is 24.9 Å². The van der Waals surface area contributed by atoms with Crippen molar-refractivity contribution >= 4 is 23.5 Å². The van der Waals surface area contributed by atoms with Crippen LogP contribution in [0.2, 0.25) is 0 Å². The van der Waals surface area contributed by atoms with E-state index in [0.717, 1.165) is 43.3 Å². The van der Waals surface area contributed by atoms with Crippen LogP contribution in [0.1, 0.15) is 12.0 Å². The maximum atomic E-state index is 12.6. The number of amides is 1. The van der Waals surface area contributed by atoms with Gasteiger partial charge in [-0.05, 0) is 18.6 Å². The summed E-state index contributed by atoms with van der Waals surface area (Å²) in [5.74, 6) is 2.54. The van der Waals surface area contributed by atoms with Crippen molar-refractivity contribution in [3.8, 4) is 0 Å². The number of nitrogens with zero attached hydrogens (tertiary/aromatic N) is 3. The monoisotopic (exact) mass is 345 g/mol. The van der Waals surface area contributed by atoms with Gasteiger partial charge in [0.1, 0.15) is 5.82 Å². The number of pyridine rings is 1. The molecule has 4 nitrogen and oxygen atoms in total. The van der Waals surface area contributed by atoms with Gasteiger partial charge in [-0.25, -0.2) is 4.98 Å². The molecule has 2 fully saturated rings. The van der Waals surface area contributed by atoms with Gasteiger partial charge >= 0.3 is 6.18 Å². The third kappa shape index (κ3) is 3.73. The van der Waals surface area contributed by atoms with Gasteiger partial charge in [-0.15, -0.1) is 0 Å². The highest BCUT2D eigenvalue weighted by molar-refractivity contribution is 7.99. The van der Waals surface area contributed by atoms with Gasteiger partial charge in [-0.3, -0.25) is 4.79 Å². The predicted octanol–water partition coefficient (Wildman–Crippen LogP) is 2.50. The van der Waals surface area contributed by atoms with Gasteiger partial charge in [0.25, 0.3) is 0 Å². The molecule has 0 aliphatic carbocycles. The first kappa shape index (κ1) is 16.4. The molecular formula is C15H18F3N3OS. The van der Waals surface area contributed by atoms with E-state index in [1.54, 1.807) is 0 Å². The summed E-state index contributed by atoms with van der Waals surface area (Å²) in [5, 5.41) is 0. The molecule has 1 aromatic rings. The molecule has 1 aromatic heterocycles. The first-order valence-electron chi connectivity index (χ1n) is 7.60. The topological polar surface area (TPSA) is 36.4 Å². The molecular weight excluding hydrogens is 327 g/mol. The third-order valence-electron chi connectivity index (χ3n) is 4.26. The Balaban J connectivity index is 1.62. The second kappa shape index (κ2) is 6.59. The zero-order valence-corrected chi connectivity index (χ0v) is 13.4. The van der Waals surface area contributed by atoms with Crippen LogP contribution in [-0.2, 0) is 11.0 Å². The molecule has 2 aliphatic heterocycles. The predicted molar refractivity (Wildman–Crippen MR) is 83.5 cm³/mol. The normalized spacial score (nSPS) is 22.5. The molecule has 0 aromatic carbocycles. The minimum atomic E-state index is -4.37. The molecule has 2 saturated heterocycles. The molecule has 8 heteroatoms. The van der Waals surface area contributed by atoms with Crippen molar-refractivity contribution in [2.75, 3.05) is 42.6 Å². The van der Waals surface area contributed by atoms with Crippen LogP contribution in [0.15, 0.2) is 18.3 Å². The van der Waals surface area contributed by atoms with Crippen molar-refractivity contribution in [3.05, 3.63) is 23.9 Å². The Morgan fingerprint density at radius 2 is 1.96 bits per heavy atom. The van der Waals surface area contributed by atoms with Crippen LogP contribution in [-0.4, -0.2) is 53.5 Å². The van der Waals surface area contributed by atoms with E-state index < -0.39 is 11.7 Å². The van der Waals surface area contributed by atoms with E-state index in [-0.39, 0.29) is 11.8 Å². The van der Waals surface area contributed by atoms with Crippen molar-refractivity contribution in [1.29, 1.82) is 0 Å². The highest BCUT2D eigenvalue weighted by Crippen LogP contribution is 2.30. The molecule has 3 heterocycles. The van der Waals surface area contributed by atoms with Crippen LogP contribution in [0, 0.1) is 5.92 Å². The molecule has 1 atom stereocenters. The number of hydrogen-bond acceptors (Lipinski definition) is 4. The number of alkyl halides is 3. The number of carbonyl (C=O) groups excluding carboxylic acids is 1. The fraction of sp³-hybridized carbons (Fsp3) is 0.600. The maximum absolute atomic E-state index is 12.6. The SMILES string of the molecule is O=C(C1CCN(c2ccc(C(F)(F)F)cn2)C1)N1CCSCC1. The van der Waals surface area contributed by atoms with Gasteiger partial charge in [0, 0.05) is 43.9 Å². The van der Waals surface area contributed by atoms with Crippen LogP contribution < -0.4 is 4.90 Å². The first-order valence-corrected chi connectivity index (χ1v) is 8.75. The Morgan fingerprint density at radius 3 is 2.57 bits per heavy atom. The van der Waals surface area contributed by atoms with E-state index in [9.17, 15) is 18.0 Å². The van der Waals surface area contributed by atoms with Crippen molar-refractivity contribution in [3.63, 3.8) is 0 Å². The second-order valence-electron chi connectivity index (χ2n) is 5.77. The Bertz CT molecular complexity index is 558. The lowest BCUT2D eigenvalue weighted by atomic mass is 10.1. The summed E-state index contributed by atoms with van der Waals surface area (Å²) in [4.78, 5) is 20.2. The number of hydrogen-bond donors (Lipinski definition) is 0. The summed E-state index contributed by atoms with van der Waals surface area (Å²) in [5.41, 5.74) is -0.751. The molecule has 0 radical (unpaired) electrons. The summed E-state index contributed by atoms with van der Waals surface area (Å²) >= 11 is 1.85. The van der Waals surface area contributed by atoms with E-state index in [2.05, 4.69) is 4.98 Å². The number of anilines is 1. The summed E-state index contributed by atoms with van der Waals surface area (Å²) in [7, 11) is 0. The van der Waals surface area contributed by atoms with E-state index >= 15 is 0 Å². The van der Waals surface area contributed by atoms with E-state index in [4.69, 9.17) is 0 Å².